The summed E-state index contributed by atoms with van der Waals surface area (Å²) in [5.41, 5.74) is 0. The van der Waals surface area contributed by atoms with Crippen LogP contribution in [0.5, 0.6) is 0 Å². The number of halogens is 2. The van der Waals surface area contributed by atoms with Gasteiger partial charge in [-0.2, -0.15) is 4.31 Å². The highest BCUT2D eigenvalue weighted by Gasteiger charge is 2.28. The Balaban J connectivity index is 3.05. The Morgan fingerprint density at radius 2 is 2.10 bits per heavy atom. The first-order valence-electron chi connectivity index (χ1n) is 5.70. The molecule has 0 amide bonds. The van der Waals surface area contributed by atoms with Crippen molar-refractivity contribution in [3.8, 4) is 0 Å². The molecule has 0 radical (unpaired) electrons. The molecule has 20 heavy (non-hydrogen) atoms. The molecule has 0 bridgehead atoms. The maximum Gasteiger partial charge on any atom is 0.309 e. The number of benzene rings is 1. The molecule has 112 valence electrons. The standard InChI is InChI=1S/C12H15ClFNO4S/c1-8(12(16)19-3)7-15(2)20(17,18)10-6-4-5-9(13)11(10)14/h4-6,8H,7H2,1-3H3. The van der Waals surface area contributed by atoms with Crippen LogP contribution in [-0.4, -0.2) is 39.4 Å². The van der Waals surface area contributed by atoms with E-state index in [1.54, 1.807) is 0 Å². The molecule has 0 aliphatic rings. The molecule has 0 saturated carbocycles. The molecule has 1 atom stereocenters. The third kappa shape index (κ3) is 3.47. The van der Waals surface area contributed by atoms with Gasteiger partial charge in [0.25, 0.3) is 0 Å². The fourth-order valence-electron chi connectivity index (χ4n) is 1.61. The van der Waals surface area contributed by atoms with E-state index < -0.39 is 32.6 Å². The number of rotatable bonds is 5. The van der Waals surface area contributed by atoms with Gasteiger partial charge in [0.05, 0.1) is 18.1 Å². The Hall–Kier alpha value is -1.18. The number of methoxy groups -OCH3 is 1. The summed E-state index contributed by atoms with van der Waals surface area (Å²) in [6.45, 7) is 1.40. The van der Waals surface area contributed by atoms with E-state index in [1.165, 1.54) is 33.2 Å². The highest BCUT2D eigenvalue weighted by Crippen LogP contribution is 2.24. The second-order valence-electron chi connectivity index (χ2n) is 4.26. The third-order valence-electron chi connectivity index (χ3n) is 2.74. The predicted molar refractivity (Wildman–Crippen MR) is 72.4 cm³/mol. The highest BCUT2D eigenvalue weighted by atomic mass is 35.5. The molecule has 1 rings (SSSR count). The monoisotopic (exact) mass is 323 g/mol. The lowest BCUT2D eigenvalue weighted by atomic mass is 10.2. The van der Waals surface area contributed by atoms with Gasteiger partial charge in [-0.25, -0.2) is 12.8 Å². The van der Waals surface area contributed by atoms with Crippen LogP contribution < -0.4 is 0 Å². The minimum Gasteiger partial charge on any atom is -0.469 e. The molecule has 0 heterocycles. The summed E-state index contributed by atoms with van der Waals surface area (Å²) < 4.78 is 43.7. The number of nitrogens with zero attached hydrogens (tertiary/aromatic N) is 1. The van der Waals surface area contributed by atoms with Crippen molar-refractivity contribution in [2.24, 2.45) is 5.92 Å². The first-order chi connectivity index (χ1) is 9.21. The first kappa shape index (κ1) is 16.9. The molecule has 0 aliphatic carbocycles. The molecular formula is C12H15ClFNO4S. The fourth-order valence-corrected chi connectivity index (χ4v) is 3.18. The Bertz CT molecular complexity index is 605. The summed E-state index contributed by atoms with van der Waals surface area (Å²) in [6, 6.07) is 3.72. The molecule has 1 aromatic carbocycles. The molecule has 0 spiro atoms. The highest BCUT2D eigenvalue weighted by molar-refractivity contribution is 7.89. The molecule has 0 saturated heterocycles. The lowest BCUT2D eigenvalue weighted by Crippen LogP contribution is -2.34. The van der Waals surface area contributed by atoms with Gasteiger partial charge >= 0.3 is 5.97 Å². The SMILES string of the molecule is COC(=O)C(C)CN(C)S(=O)(=O)c1cccc(Cl)c1F. The molecule has 0 aliphatic heterocycles. The van der Waals surface area contributed by atoms with Crippen molar-refractivity contribution in [2.45, 2.75) is 11.8 Å². The van der Waals surface area contributed by atoms with Crippen molar-refractivity contribution in [3.63, 3.8) is 0 Å². The van der Waals surface area contributed by atoms with Crippen molar-refractivity contribution in [1.82, 2.24) is 4.31 Å². The Morgan fingerprint density at radius 1 is 1.50 bits per heavy atom. The second kappa shape index (κ2) is 6.51. The molecular weight excluding hydrogens is 309 g/mol. The van der Waals surface area contributed by atoms with Crippen molar-refractivity contribution in [3.05, 3.63) is 29.0 Å². The van der Waals surface area contributed by atoms with Gasteiger partial charge < -0.3 is 4.74 Å². The largest absolute Gasteiger partial charge is 0.469 e. The summed E-state index contributed by atoms with van der Waals surface area (Å²) in [6.07, 6.45) is 0. The number of carbonyl (C=O) groups excluding carboxylic acids is 1. The fraction of sp³-hybridized carbons (Fsp3) is 0.417. The molecule has 0 N–H and O–H groups in total. The number of sulfonamides is 1. The second-order valence-corrected chi connectivity index (χ2v) is 6.68. The number of hydrogen-bond donors (Lipinski definition) is 0. The molecule has 0 fully saturated rings. The summed E-state index contributed by atoms with van der Waals surface area (Å²) in [5.74, 6) is -2.22. The summed E-state index contributed by atoms with van der Waals surface area (Å²) in [5, 5.41) is -0.277. The molecule has 8 heteroatoms. The average molecular weight is 324 g/mol. The van der Waals surface area contributed by atoms with Crippen molar-refractivity contribution >= 4 is 27.6 Å². The van der Waals surface area contributed by atoms with Crippen LogP contribution in [0.15, 0.2) is 23.1 Å². The lowest BCUT2D eigenvalue weighted by Gasteiger charge is -2.20. The van der Waals surface area contributed by atoms with E-state index in [1.807, 2.05) is 0 Å². The number of carbonyl (C=O) groups is 1. The van der Waals surface area contributed by atoms with Crippen LogP contribution in [0.1, 0.15) is 6.92 Å². The quantitative estimate of drug-likeness (QED) is 0.776. The zero-order chi connectivity index (χ0) is 15.5. The van der Waals surface area contributed by atoms with E-state index in [0.717, 1.165) is 10.4 Å². The van der Waals surface area contributed by atoms with Crippen molar-refractivity contribution < 1.29 is 22.3 Å². The van der Waals surface area contributed by atoms with Gasteiger partial charge in [-0.3, -0.25) is 4.79 Å². The third-order valence-corrected chi connectivity index (χ3v) is 4.87. The summed E-state index contributed by atoms with van der Waals surface area (Å²) in [7, 11) is -1.59. The molecule has 5 nitrogen and oxygen atoms in total. The Morgan fingerprint density at radius 3 is 2.65 bits per heavy atom. The Kier molecular flexibility index (Phi) is 5.50. The van der Waals surface area contributed by atoms with Crippen LogP contribution in [0.4, 0.5) is 4.39 Å². The summed E-state index contributed by atoms with van der Waals surface area (Å²) >= 11 is 5.57. The first-order valence-corrected chi connectivity index (χ1v) is 7.51. The zero-order valence-corrected chi connectivity index (χ0v) is 12.8. The topological polar surface area (TPSA) is 63.7 Å². The minimum atomic E-state index is -4.06. The van der Waals surface area contributed by atoms with Crippen molar-refractivity contribution in [2.75, 3.05) is 20.7 Å². The maximum absolute atomic E-state index is 13.8. The molecule has 1 aromatic rings. The van der Waals surface area contributed by atoms with Crippen LogP contribution in [0, 0.1) is 11.7 Å². The van der Waals surface area contributed by atoms with Gasteiger partial charge in [0.15, 0.2) is 5.82 Å². The van der Waals surface area contributed by atoms with E-state index in [9.17, 15) is 17.6 Å². The molecule has 0 aromatic heterocycles. The van der Waals surface area contributed by atoms with Gasteiger partial charge in [0.2, 0.25) is 10.0 Å². The smallest absolute Gasteiger partial charge is 0.309 e. The van der Waals surface area contributed by atoms with Crippen LogP contribution in [-0.2, 0) is 19.6 Å². The van der Waals surface area contributed by atoms with Crippen LogP contribution >= 0.6 is 11.6 Å². The van der Waals surface area contributed by atoms with Gasteiger partial charge in [0.1, 0.15) is 4.90 Å². The minimum absolute atomic E-state index is 0.124. The maximum atomic E-state index is 13.8. The number of hydrogen-bond acceptors (Lipinski definition) is 4. The van der Waals surface area contributed by atoms with Crippen LogP contribution in [0.25, 0.3) is 0 Å². The lowest BCUT2D eigenvalue weighted by molar-refractivity contribution is -0.144. The van der Waals surface area contributed by atoms with Gasteiger partial charge in [0, 0.05) is 13.6 Å². The van der Waals surface area contributed by atoms with E-state index in [4.69, 9.17) is 11.6 Å². The normalized spacial score (nSPS) is 13.3. The van der Waals surface area contributed by atoms with Gasteiger partial charge in [-0.05, 0) is 12.1 Å². The average Bonchev–Trinajstić information content (AvgIpc) is 2.40. The van der Waals surface area contributed by atoms with Crippen LogP contribution in [0.2, 0.25) is 5.02 Å². The van der Waals surface area contributed by atoms with E-state index in [0.29, 0.717) is 0 Å². The van der Waals surface area contributed by atoms with Crippen LogP contribution in [0.3, 0.4) is 0 Å². The van der Waals surface area contributed by atoms with Gasteiger partial charge in [-0.15, -0.1) is 0 Å². The summed E-state index contributed by atoms with van der Waals surface area (Å²) in [4.78, 5) is 10.8. The number of esters is 1. The van der Waals surface area contributed by atoms with E-state index in [-0.39, 0.29) is 11.6 Å². The van der Waals surface area contributed by atoms with E-state index >= 15 is 0 Å². The predicted octanol–water partition coefficient (Wildman–Crippen LogP) is 1.91. The number of ether oxygens (including phenoxy) is 1. The molecule has 1 unspecified atom stereocenters. The van der Waals surface area contributed by atoms with Gasteiger partial charge in [-0.1, -0.05) is 24.6 Å². The zero-order valence-electron chi connectivity index (χ0n) is 11.3. The Labute approximate surface area is 122 Å². The van der Waals surface area contributed by atoms with Crippen molar-refractivity contribution in [1.29, 1.82) is 0 Å². The van der Waals surface area contributed by atoms with E-state index in [2.05, 4.69) is 4.74 Å².